The Morgan fingerprint density at radius 2 is 2.10 bits per heavy atom. The Kier molecular flexibility index (Phi) is 4.77. The molecule has 4 rings (SSSR count). The molecule has 1 aromatic carbocycles. The number of allylic oxidation sites excluding steroid dienone is 2. The predicted molar refractivity (Wildman–Crippen MR) is 112 cm³/mol. The number of furan rings is 1. The molecule has 0 spiro atoms. The number of aromatic hydroxyl groups is 1. The molecule has 0 amide bonds. The van der Waals surface area contributed by atoms with Crippen LogP contribution in [-0.4, -0.2) is 11.2 Å². The number of hydrogen-bond donors (Lipinski definition) is 1. The van der Waals surface area contributed by atoms with Crippen molar-refractivity contribution in [2.75, 3.05) is 0 Å². The first kappa shape index (κ1) is 19.4. The standard InChI is InChI=1S/C24H26O5/c1-14(10-18-11-15(2)13-27-18)6-5-9-24(4)16(3)28-22-19-8-7-17(25)12-20(19)29-23(26)21(22)24/h6-8,11-13,16,25H,5,9-10H2,1-4H3/b14-6+/t16-,24-/m0/s1. The molecule has 0 unspecified atom stereocenters. The Morgan fingerprint density at radius 3 is 2.83 bits per heavy atom. The molecule has 1 N–H and O–H groups in total. The van der Waals surface area contributed by atoms with Crippen LogP contribution in [0.2, 0.25) is 0 Å². The molecular weight excluding hydrogens is 368 g/mol. The average molecular weight is 394 g/mol. The van der Waals surface area contributed by atoms with Crippen molar-refractivity contribution in [3.63, 3.8) is 0 Å². The fourth-order valence-electron chi connectivity index (χ4n) is 4.16. The van der Waals surface area contributed by atoms with Crippen molar-refractivity contribution in [3.8, 4) is 11.5 Å². The van der Waals surface area contributed by atoms with E-state index in [2.05, 4.69) is 26.0 Å². The van der Waals surface area contributed by atoms with E-state index in [1.807, 2.05) is 13.8 Å². The van der Waals surface area contributed by atoms with Crippen LogP contribution in [0.3, 0.4) is 0 Å². The Morgan fingerprint density at radius 1 is 1.31 bits per heavy atom. The number of fused-ring (bicyclic) bond motifs is 3. The highest BCUT2D eigenvalue weighted by Crippen LogP contribution is 2.47. The smallest absolute Gasteiger partial charge is 0.343 e. The van der Waals surface area contributed by atoms with Crippen molar-refractivity contribution < 1.29 is 18.7 Å². The minimum absolute atomic E-state index is 0.0572. The first-order valence-corrected chi connectivity index (χ1v) is 9.94. The number of benzene rings is 1. The molecule has 0 bridgehead atoms. The first-order chi connectivity index (χ1) is 13.8. The van der Waals surface area contributed by atoms with E-state index in [0.717, 1.165) is 30.6 Å². The molecule has 1 aliphatic rings. The average Bonchev–Trinajstić information content (AvgIpc) is 3.16. The van der Waals surface area contributed by atoms with Crippen molar-refractivity contribution in [1.29, 1.82) is 0 Å². The van der Waals surface area contributed by atoms with Gasteiger partial charge in [-0.2, -0.15) is 0 Å². The van der Waals surface area contributed by atoms with E-state index in [0.29, 0.717) is 22.3 Å². The van der Waals surface area contributed by atoms with Gasteiger partial charge in [0.25, 0.3) is 0 Å². The molecule has 3 aromatic rings. The Balaban J connectivity index is 1.59. The third-order valence-electron chi connectivity index (χ3n) is 6.00. The summed E-state index contributed by atoms with van der Waals surface area (Å²) in [6, 6.07) is 6.81. The van der Waals surface area contributed by atoms with E-state index in [4.69, 9.17) is 13.6 Å². The van der Waals surface area contributed by atoms with E-state index in [1.165, 1.54) is 11.6 Å². The van der Waals surface area contributed by atoms with E-state index >= 15 is 0 Å². The monoisotopic (exact) mass is 394 g/mol. The fourth-order valence-corrected chi connectivity index (χ4v) is 4.16. The maximum atomic E-state index is 12.8. The highest BCUT2D eigenvalue weighted by atomic mass is 16.5. The summed E-state index contributed by atoms with van der Waals surface area (Å²) >= 11 is 0. The van der Waals surface area contributed by atoms with Crippen LogP contribution >= 0.6 is 0 Å². The number of hydrogen-bond acceptors (Lipinski definition) is 5. The number of aryl methyl sites for hydroxylation is 1. The highest BCUT2D eigenvalue weighted by molar-refractivity contribution is 5.86. The van der Waals surface area contributed by atoms with Crippen molar-refractivity contribution in [1.82, 2.24) is 0 Å². The topological polar surface area (TPSA) is 72.8 Å². The summed E-state index contributed by atoms with van der Waals surface area (Å²) in [6.07, 6.45) is 6.19. The fraction of sp³-hybridized carbons (Fsp3) is 0.375. The molecule has 3 heterocycles. The quantitative estimate of drug-likeness (QED) is 0.463. The normalized spacial score (nSPS) is 21.4. The van der Waals surface area contributed by atoms with Crippen LogP contribution in [0.5, 0.6) is 11.5 Å². The minimum Gasteiger partial charge on any atom is -0.508 e. The van der Waals surface area contributed by atoms with Crippen molar-refractivity contribution in [2.45, 2.75) is 58.5 Å². The van der Waals surface area contributed by atoms with Crippen LogP contribution in [0.15, 0.2) is 55.8 Å². The molecule has 0 saturated carbocycles. The molecule has 29 heavy (non-hydrogen) atoms. The lowest BCUT2D eigenvalue weighted by molar-refractivity contribution is 0.169. The summed E-state index contributed by atoms with van der Waals surface area (Å²) < 4.78 is 17.2. The molecule has 0 radical (unpaired) electrons. The summed E-state index contributed by atoms with van der Waals surface area (Å²) in [5.41, 5.74) is 2.46. The molecule has 0 saturated heterocycles. The zero-order valence-electron chi connectivity index (χ0n) is 17.2. The maximum Gasteiger partial charge on any atom is 0.343 e. The van der Waals surface area contributed by atoms with Gasteiger partial charge in [-0.25, -0.2) is 4.79 Å². The molecule has 5 nitrogen and oxygen atoms in total. The van der Waals surface area contributed by atoms with E-state index in [-0.39, 0.29) is 11.9 Å². The van der Waals surface area contributed by atoms with Gasteiger partial charge in [-0.15, -0.1) is 0 Å². The minimum atomic E-state index is -0.444. The van der Waals surface area contributed by atoms with Gasteiger partial charge in [0.05, 0.1) is 17.2 Å². The van der Waals surface area contributed by atoms with Crippen LogP contribution < -0.4 is 10.4 Å². The number of phenolic OH excluding ortho intramolecular Hbond substituents is 1. The molecule has 5 heteroatoms. The Hall–Kier alpha value is -2.95. The lowest BCUT2D eigenvalue weighted by Gasteiger charge is -2.26. The summed E-state index contributed by atoms with van der Waals surface area (Å²) in [5.74, 6) is 1.60. The first-order valence-electron chi connectivity index (χ1n) is 9.94. The SMILES string of the molecule is C/C(=C\CC[C@]1(C)c2c(c3ccc(O)cc3oc2=O)O[C@H]1C)Cc1cc(C)co1. The highest BCUT2D eigenvalue weighted by Gasteiger charge is 2.46. The third-order valence-corrected chi connectivity index (χ3v) is 6.00. The molecule has 0 aliphatic carbocycles. The van der Waals surface area contributed by atoms with Gasteiger partial charge >= 0.3 is 5.63 Å². The second kappa shape index (κ2) is 7.14. The van der Waals surface area contributed by atoms with Crippen LogP contribution in [0.25, 0.3) is 11.0 Å². The Labute approximate surface area is 169 Å². The summed E-state index contributed by atoms with van der Waals surface area (Å²) in [6.45, 7) is 8.17. The lowest BCUT2D eigenvalue weighted by atomic mass is 9.76. The van der Waals surface area contributed by atoms with E-state index in [9.17, 15) is 9.90 Å². The lowest BCUT2D eigenvalue weighted by Crippen LogP contribution is -2.35. The largest absolute Gasteiger partial charge is 0.508 e. The van der Waals surface area contributed by atoms with E-state index in [1.54, 1.807) is 18.4 Å². The van der Waals surface area contributed by atoms with Gasteiger partial charge in [0.2, 0.25) is 0 Å². The van der Waals surface area contributed by atoms with Gasteiger partial charge in [0.1, 0.15) is 28.9 Å². The Bertz CT molecular complexity index is 1150. The van der Waals surface area contributed by atoms with Gasteiger partial charge < -0.3 is 18.7 Å². The molecule has 2 atom stereocenters. The summed E-state index contributed by atoms with van der Waals surface area (Å²) in [4.78, 5) is 12.8. The number of ether oxygens (including phenoxy) is 1. The van der Waals surface area contributed by atoms with Gasteiger partial charge in [-0.05, 0) is 57.4 Å². The molecule has 0 fully saturated rings. The van der Waals surface area contributed by atoms with Crippen molar-refractivity contribution >= 4 is 11.0 Å². The van der Waals surface area contributed by atoms with Crippen LogP contribution in [0.1, 0.15) is 50.5 Å². The summed E-state index contributed by atoms with van der Waals surface area (Å²) in [5, 5.41) is 10.4. The van der Waals surface area contributed by atoms with Crippen LogP contribution in [0, 0.1) is 6.92 Å². The second-order valence-corrected chi connectivity index (χ2v) is 8.31. The third kappa shape index (κ3) is 3.46. The van der Waals surface area contributed by atoms with Crippen LogP contribution in [0.4, 0.5) is 0 Å². The molecule has 2 aromatic heterocycles. The van der Waals surface area contributed by atoms with Gasteiger partial charge in [0.15, 0.2) is 0 Å². The van der Waals surface area contributed by atoms with Crippen molar-refractivity contribution in [3.05, 3.63) is 69.5 Å². The zero-order valence-corrected chi connectivity index (χ0v) is 17.2. The maximum absolute atomic E-state index is 12.8. The summed E-state index contributed by atoms with van der Waals surface area (Å²) in [7, 11) is 0. The van der Waals surface area contributed by atoms with Gasteiger partial charge in [-0.3, -0.25) is 0 Å². The predicted octanol–water partition coefficient (Wildman–Crippen LogP) is 5.41. The molecule has 1 aliphatic heterocycles. The van der Waals surface area contributed by atoms with Gasteiger partial charge in [0, 0.05) is 17.9 Å². The zero-order chi connectivity index (χ0) is 20.8. The second-order valence-electron chi connectivity index (χ2n) is 8.31. The van der Waals surface area contributed by atoms with E-state index < -0.39 is 11.0 Å². The number of phenols is 1. The number of rotatable bonds is 5. The molecule has 152 valence electrons. The molecular formula is C24H26O5. The van der Waals surface area contributed by atoms with Crippen LogP contribution in [-0.2, 0) is 11.8 Å². The van der Waals surface area contributed by atoms with Gasteiger partial charge in [-0.1, -0.05) is 18.6 Å². The van der Waals surface area contributed by atoms with Crippen molar-refractivity contribution in [2.24, 2.45) is 0 Å².